The number of nitrogens with one attached hydrogen (secondary N) is 1. The standard InChI is InChI=1S/C12H6ClF3N4/c13-8-2-6(1-7(3-8)12(14,15)16)10-19-9-4-17-5-18-11(9)20-10/h1-5H,(H,17,18,19,20). The number of hydrogen-bond acceptors (Lipinski definition) is 3. The van der Waals surface area contributed by atoms with E-state index < -0.39 is 11.7 Å². The molecule has 0 spiro atoms. The van der Waals surface area contributed by atoms with Crippen molar-refractivity contribution in [3.8, 4) is 11.4 Å². The third-order valence-corrected chi connectivity index (χ3v) is 2.88. The third kappa shape index (κ3) is 2.32. The summed E-state index contributed by atoms with van der Waals surface area (Å²) in [6.07, 6.45) is -1.66. The smallest absolute Gasteiger partial charge is 0.335 e. The average molecular weight is 299 g/mol. The average Bonchev–Trinajstić information content (AvgIpc) is 2.80. The van der Waals surface area contributed by atoms with Crippen molar-refractivity contribution in [3.63, 3.8) is 0 Å². The van der Waals surface area contributed by atoms with Crippen molar-refractivity contribution < 1.29 is 13.2 Å². The van der Waals surface area contributed by atoms with Crippen LogP contribution in [0.15, 0.2) is 30.7 Å². The van der Waals surface area contributed by atoms with Crippen molar-refractivity contribution in [1.29, 1.82) is 0 Å². The fraction of sp³-hybridized carbons (Fsp3) is 0.0833. The lowest BCUT2D eigenvalue weighted by molar-refractivity contribution is -0.137. The Kier molecular flexibility index (Phi) is 2.86. The van der Waals surface area contributed by atoms with Crippen molar-refractivity contribution in [2.45, 2.75) is 6.18 Å². The van der Waals surface area contributed by atoms with Gasteiger partial charge in [0.1, 0.15) is 17.7 Å². The maximum Gasteiger partial charge on any atom is 0.416 e. The molecule has 102 valence electrons. The van der Waals surface area contributed by atoms with Gasteiger partial charge < -0.3 is 4.98 Å². The molecule has 2 heterocycles. The first-order chi connectivity index (χ1) is 9.43. The Labute approximate surface area is 115 Å². The SMILES string of the molecule is FC(F)(F)c1cc(Cl)cc(-c2nc3ncncc3[nH]2)c1. The highest BCUT2D eigenvalue weighted by molar-refractivity contribution is 6.31. The highest BCUT2D eigenvalue weighted by Crippen LogP contribution is 2.34. The van der Waals surface area contributed by atoms with Crippen molar-refractivity contribution >= 4 is 22.8 Å². The predicted octanol–water partition coefficient (Wildman–Crippen LogP) is 3.69. The summed E-state index contributed by atoms with van der Waals surface area (Å²) in [6, 6.07) is 3.26. The number of nitrogens with zero attached hydrogens (tertiary/aromatic N) is 3. The minimum Gasteiger partial charge on any atom is -0.335 e. The van der Waals surface area contributed by atoms with E-state index in [4.69, 9.17) is 11.6 Å². The number of aromatic nitrogens is 4. The van der Waals surface area contributed by atoms with Crippen LogP contribution in [0.3, 0.4) is 0 Å². The van der Waals surface area contributed by atoms with Crippen LogP contribution in [0, 0.1) is 0 Å². The lowest BCUT2D eigenvalue weighted by Crippen LogP contribution is -2.05. The van der Waals surface area contributed by atoms with E-state index in [0.29, 0.717) is 11.2 Å². The molecule has 0 amide bonds. The first-order valence-corrected chi connectivity index (χ1v) is 5.85. The molecule has 8 heteroatoms. The molecule has 20 heavy (non-hydrogen) atoms. The largest absolute Gasteiger partial charge is 0.416 e. The molecule has 0 saturated heterocycles. The van der Waals surface area contributed by atoms with Gasteiger partial charge in [-0.3, -0.25) is 0 Å². The van der Waals surface area contributed by atoms with Gasteiger partial charge in [-0.05, 0) is 18.2 Å². The summed E-state index contributed by atoms with van der Waals surface area (Å²) < 4.78 is 38.3. The van der Waals surface area contributed by atoms with Gasteiger partial charge in [0.05, 0.1) is 11.8 Å². The number of halogens is 4. The van der Waals surface area contributed by atoms with Crippen molar-refractivity contribution in [1.82, 2.24) is 19.9 Å². The van der Waals surface area contributed by atoms with Gasteiger partial charge >= 0.3 is 6.18 Å². The van der Waals surface area contributed by atoms with E-state index in [0.717, 1.165) is 12.1 Å². The monoisotopic (exact) mass is 298 g/mol. The molecule has 0 aliphatic heterocycles. The molecule has 1 aromatic carbocycles. The fourth-order valence-corrected chi connectivity index (χ4v) is 2.02. The third-order valence-electron chi connectivity index (χ3n) is 2.66. The van der Waals surface area contributed by atoms with Crippen LogP contribution in [0.1, 0.15) is 5.56 Å². The molecule has 0 saturated carbocycles. The zero-order valence-electron chi connectivity index (χ0n) is 9.74. The molecule has 3 aromatic rings. The summed E-state index contributed by atoms with van der Waals surface area (Å²) in [6.45, 7) is 0. The number of fused-ring (bicyclic) bond motifs is 1. The van der Waals surface area contributed by atoms with Crippen LogP contribution < -0.4 is 0 Å². The van der Waals surface area contributed by atoms with Crippen LogP contribution >= 0.6 is 11.6 Å². The lowest BCUT2D eigenvalue weighted by atomic mass is 10.1. The van der Waals surface area contributed by atoms with E-state index >= 15 is 0 Å². The maximum absolute atomic E-state index is 12.8. The van der Waals surface area contributed by atoms with Crippen LogP contribution in [0.5, 0.6) is 0 Å². The number of hydrogen-bond donors (Lipinski definition) is 1. The van der Waals surface area contributed by atoms with E-state index in [1.807, 2.05) is 0 Å². The Morgan fingerprint density at radius 2 is 1.95 bits per heavy atom. The summed E-state index contributed by atoms with van der Waals surface area (Å²) >= 11 is 5.74. The van der Waals surface area contributed by atoms with Crippen LogP contribution in [-0.4, -0.2) is 19.9 Å². The van der Waals surface area contributed by atoms with E-state index in [-0.39, 0.29) is 16.4 Å². The predicted molar refractivity (Wildman–Crippen MR) is 67.1 cm³/mol. The van der Waals surface area contributed by atoms with Gasteiger partial charge in [-0.15, -0.1) is 0 Å². The quantitative estimate of drug-likeness (QED) is 0.745. The van der Waals surface area contributed by atoms with Gasteiger partial charge in [0.25, 0.3) is 0 Å². The molecule has 4 nitrogen and oxygen atoms in total. The number of benzene rings is 1. The van der Waals surface area contributed by atoms with Crippen LogP contribution in [0.25, 0.3) is 22.6 Å². The molecule has 0 aliphatic carbocycles. The second-order valence-corrected chi connectivity index (χ2v) is 4.51. The Bertz CT molecular complexity index is 749. The van der Waals surface area contributed by atoms with Gasteiger partial charge in [0.15, 0.2) is 5.65 Å². The van der Waals surface area contributed by atoms with E-state index in [9.17, 15) is 13.2 Å². The fourth-order valence-electron chi connectivity index (χ4n) is 1.79. The number of alkyl halides is 3. The first kappa shape index (κ1) is 12.9. The Morgan fingerprint density at radius 3 is 2.65 bits per heavy atom. The van der Waals surface area contributed by atoms with Crippen molar-refractivity contribution in [3.05, 3.63) is 41.3 Å². The van der Waals surface area contributed by atoms with Gasteiger partial charge in [0.2, 0.25) is 0 Å². The topological polar surface area (TPSA) is 54.5 Å². The van der Waals surface area contributed by atoms with Crippen LogP contribution in [-0.2, 0) is 6.18 Å². The molecule has 2 aromatic heterocycles. The number of imidazole rings is 1. The minimum absolute atomic E-state index is 0.0126. The molecule has 1 N–H and O–H groups in total. The van der Waals surface area contributed by atoms with Gasteiger partial charge in [-0.2, -0.15) is 13.2 Å². The summed E-state index contributed by atoms with van der Waals surface area (Å²) in [5.74, 6) is 0.258. The summed E-state index contributed by atoms with van der Waals surface area (Å²) in [5, 5.41) is -0.0126. The zero-order valence-corrected chi connectivity index (χ0v) is 10.5. The van der Waals surface area contributed by atoms with Crippen LogP contribution in [0.4, 0.5) is 13.2 Å². The molecule has 0 radical (unpaired) electrons. The molecule has 0 aliphatic rings. The van der Waals surface area contributed by atoms with E-state index in [2.05, 4.69) is 19.9 Å². The second-order valence-electron chi connectivity index (χ2n) is 4.07. The van der Waals surface area contributed by atoms with E-state index in [1.54, 1.807) is 0 Å². The Balaban J connectivity index is 2.16. The molecular weight excluding hydrogens is 293 g/mol. The number of rotatable bonds is 1. The molecule has 0 bridgehead atoms. The highest BCUT2D eigenvalue weighted by atomic mass is 35.5. The normalized spacial score (nSPS) is 12.0. The Morgan fingerprint density at radius 1 is 1.15 bits per heavy atom. The summed E-state index contributed by atoms with van der Waals surface area (Å²) in [7, 11) is 0. The van der Waals surface area contributed by atoms with E-state index in [1.165, 1.54) is 18.6 Å². The lowest BCUT2D eigenvalue weighted by Gasteiger charge is -2.08. The molecule has 3 rings (SSSR count). The Hall–Kier alpha value is -2.15. The van der Waals surface area contributed by atoms with Gasteiger partial charge in [-0.25, -0.2) is 15.0 Å². The highest BCUT2D eigenvalue weighted by Gasteiger charge is 2.31. The van der Waals surface area contributed by atoms with Crippen molar-refractivity contribution in [2.75, 3.05) is 0 Å². The molecule has 0 fully saturated rings. The number of aromatic amines is 1. The molecule has 0 unspecified atom stereocenters. The van der Waals surface area contributed by atoms with Gasteiger partial charge in [0, 0.05) is 10.6 Å². The minimum atomic E-state index is -4.47. The second kappa shape index (κ2) is 4.45. The summed E-state index contributed by atoms with van der Waals surface area (Å²) in [4.78, 5) is 14.7. The first-order valence-electron chi connectivity index (χ1n) is 5.47. The molecular formula is C12H6ClF3N4. The summed E-state index contributed by atoms with van der Waals surface area (Å²) in [5.41, 5.74) is 0.328. The molecule has 0 atom stereocenters. The van der Waals surface area contributed by atoms with Gasteiger partial charge in [-0.1, -0.05) is 11.6 Å². The van der Waals surface area contributed by atoms with Crippen LogP contribution in [0.2, 0.25) is 5.02 Å². The maximum atomic E-state index is 12.8. The van der Waals surface area contributed by atoms with Crippen molar-refractivity contribution in [2.24, 2.45) is 0 Å². The number of H-pyrrole nitrogens is 1. The zero-order chi connectivity index (χ0) is 14.3.